The summed E-state index contributed by atoms with van der Waals surface area (Å²) in [6.07, 6.45) is 8.05. The van der Waals surface area contributed by atoms with E-state index in [2.05, 4.69) is 25.9 Å². The molecule has 0 unspecified atom stereocenters. The standard InChI is InChI=1S/C33H29F2N9O/c1-41-12-4-13-42-19-38-26-7-2-5-23(30(26)42)25-6-3-8-29(40-25)39-21-16-27(33(41)45)44(18-21)32-28-17-37-31(43(28)14-11-36-32)22-10-9-20(34)15-24(22)35/h2-3,5-11,14-15,17,19,21,27H,4,12-13,16,18H2,1H3,(H,39,40)/t21-,27-/m0/s1. The summed E-state index contributed by atoms with van der Waals surface area (Å²) in [4.78, 5) is 36.6. The number of benzene rings is 2. The molecule has 1 N–H and O–H groups in total. The number of nitrogens with zero attached hydrogens (tertiary/aromatic N) is 8. The Kier molecular flexibility index (Phi) is 6.43. The lowest BCUT2D eigenvalue weighted by Gasteiger charge is -2.29. The number of para-hydroxylation sites is 1. The van der Waals surface area contributed by atoms with Gasteiger partial charge in [0.25, 0.3) is 0 Å². The molecule has 8 rings (SSSR count). The molecule has 1 fully saturated rings. The van der Waals surface area contributed by atoms with E-state index in [0.717, 1.165) is 34.8 Å². The molecule has 12 heteroatoms. The predicted molar refractivity (Wildman–Crippen MR) is 167 cm³/mol. The van der Waals surface area contributed by atoms with E-state index in [4.69, 9.17) is 9.97 Å². The second-order valence-corrected chi connectivity index (χ2v) is 11.6. The van der Waals surface area contributed by atoms with Crippen molar-refractivity contribution in [2.24, 2.45) is 0 Å². The van der Waals surface area contributed by atoms with Crippen LogP contribution in [0.15, 0.2) is 79.5 Å². The highest BCUT2D eigenvalue weighted by Gasteiger charge is 2.40. The fourth-order valence-electron chi connectivity index (χ4n) is 6.63. The summed E-state index contributed by atoms with van der Waals surface area (Å²) in [7, 11) is 1.84. The van der Waals surface area contributed by atoms with Crippen LogP contribution in [0.1, 0.15) is 12.8 Å². The topological polar surface area (TPSA) is 96.5 Å². The van der Waals surface area contributed by atoms with Gasteiger partial charge in [-0.25, -0.2) is 28.7 Å². The van der Waals surface area contributed by atoms with Crippen molar-refractivity contribution >= 4 is 34.1 Å². The quantitative estimate of drug-likeness (QED) is 0.297. The Bertz CT molecular complexity index is 2090. The lowest BCUT2D eigenvalue weighted by molar-refractivity contribution is -0.131. The first-order chi connectivity index (χ1) is 21.9. The fraction of sp³-hybridized carbons (Fsp3) is 0.242. The number of hydrogen-bond donors (Lipinski definition) is 1. The van der Waals surface area contributed by atoms with Gasteiger partial charge in [-0.05, 0) is 43.2 Å². The van der Waals surface area contributed by atoms with Gasteiger partial charge in [-0.3, -0.25) is 9.20 Å². The van der Waals surface area contributed by atoms with Gasteiger partial charge in [-0.15, -0.1) is 0 Å². The third kappa shape index (κ3) is 4.64. The van der Waals surface area contributed by atoms with E-state index in [9.17, 15) is 13.6 Å². The van der Waals surface area contributed by atoms with Crippen molar-refractivity contribution in [1.82, 2.24) is 33.8 Å². The number of carbonyl (C=O) groups is 1. The van der Waals surface area contributed by atoms with Crippen LogP contribution in [0.2, 0.25) is 0 Å². The zero-order valence-electron chi connectivity index (χ0n) is 24.4. The summed E-state index contributed by atoms with van der Waals surface area (Å²) in [5, 5.41) is 3.58. The molecule has 0 aliphatic carbocycles. The molecule has 226 valence electrons. The van der Waals surface area contributed by atoms with Crippen LogP contribution in [0.5, 0.6) is 0 Å². The summed E-state index contributed by atoms with van der Waals surface area (Å²) in [5.74, 6) is 0.218. The summed E-state index contributed by atoms with van der Waals surface area (Å²) < 4.78 is 32.3. The van der Waals surface area contributed by atoms with Crippen LogP contribution in [-0.4, -0.2) is 71.9 Å². The maximum atomic E-state index is 14.8. The van der Waals surface area contributed by atoms with E-state index >= 15 is 0 Å². The minimum Gasteiger partial charge on any atom is -0.365 e. The molecule has 0 saturated carbocycles. The lowest BCUT2D eigenvalue weighted by Crippen LogP contribution is -2.45. The Morgan fingerprint density at radius 3 is 2.76 bits per heavy atom. The smallest absolute Gasteiger partial charge is 0.245 e. The normalized spacial score (nSPS) is 18.7. The zero-order valence-corrected chi connectivity index (χ0v) is 24.4. The number of aromatic nitrogens is 6. The van der Waals surface area contributed by atoms with Crippen molar-refractivity contribution < 1.29 is 13.6 Å². The molecule has 1 saturated heterocycles. The number of fused-ring (bicyclic) bond motifs is 6. The van der Waals surface area contributed by atoms with E-state index < -0.39 is 17.7 Å². The van der Waals surface area contributed by atoms with E-state index in [1.165, 1.54) is 12.1 Å². The highest BCUT2D eigenvalue weighted by Crippen LogP contribution is 2.34. The van der Waals surface area contributed by atoms with Crippen LogP contribution in [0.3, 0.4) is 0 Å². The molecule has 2 aliphatic heterocycles. The molecule has 1 amide bonds. The average molecular weight is 606 g/mol. The average Bonchev–Trinajstić information content (AvgIpc) is 3.78. The molecule has 0 radical (unpaired) electrons. The van der Waals surface area contributed by atoms with Crippen LogP contribution in [0.25, 0.3) is 39.2 Å². The Morgan fingerprint density at radius 1 is 0.978 bits per heavy atom. The summed E-state index contributed by atoms with van der Waals surface area (Å²) in [6, 6.07) is 14.8. The number of likely N-dealkylation sites (N-methyl/N-ethyl adjacent to an activating group) is 1. The van der Waals surface area contributed by atoms with Crippen molar-refractivity contribution in [2.45, 2.75) is 31.5 Å². The monoisotopic (exact) mass is 605 g/mol. The van der Waals surface area contributed by atoms with E-state index in [1.807, 2.05) is 48.6 Å². The molecular weight excluding hydrogens is 576 g/mol. The first kappa shape index (κ1) is 27.2. The molecule has 6 aromatic rings. The van der Waals surface area contributed by atoms with E-state index in [-0.39, 0.29) is 17.5 Å². The van der Waals surface area contributed by atoms with Gasteiger partial charge in [0.05, 0.1) is 34.8 Å². The van der Waals surface area contributed by atoms with Gasteiger partial charge in [0.15, 0.2) is 5.82 Å². The maximum Gasteiger partial charge on any atom is 0.245 e. The number of amides is 1. The number of rotatable bonds is 2. The largest absolute Gasteiger partial charge is 0.365 e. The Labute approximate surface area is 257 Å². The fourth-order valence-corrected chi connectivity index (χ4v) is 6.63. The third-order valence-electron chi connectivity index (χ3n) is 8.75. The molecule has 2 aliphatic rings. The molecule has 0 spiro atoms. The van der Waals surface area contributed by atoms with Crippen molar-refractivity contribution in [3.05, 3.63) is 91.1 Å². The number of nitrogens with one attached hydrogen (secondary N) is 1. The second kappa shape index (κ2) is 10.7. The van der Waals surface area contributed by atoms with Crippen molar-refractivity contribution in [1.29, 1.82) is 0 Å². The number of carbonyl (C=O) groups excluding carboxylic acids is 1. The zero-order chi connectivity index (χ0) is 30.7. The van der Waals surface area contributed by atoms with Gasteiger partial charge in [-0.2, -0.15) is 0 Å². The number of aryl methyl sites for hydroxylation is 1. The molecular formula is C33H29F2N9O. The molecule has 4 aromatic heterocycles. The van der Waals surface area contributed by atoms with Crippen molar-refractivity contribution in [3.8, 4) is 22.6 Å². The van der Waals surface area contributed by atoms with Gasteiger partial charge in [0, 0.05) is 56.7 Å². The number of hydrogen-bond acceptors (Lipinski definition) is 7. The van der Waals surface area contributed by atoms with Crippen molar-refractivity contribution in [3.63, 3.8) is 0 Å². The van der Waals surface area contributed by atoms with Crippen LogP contribution in [0, 0.1) is 11.6 Å². The Hall–Kier alpha value is -5.39. The van der Waals surface area contributed by atoms with E-state index in [1.54, 1.807) is 27.9 Å². The van der Waals surface area contributed by atoms with Crippen LogP contribution in [0.4, 0.5) is 20.4 Å². The van der Waals surface area contributed by atoms with Crippen LogP contribution in [-0.2, 0) is 11.3 Å². The Balaban J connectivity index is 1.19. The van der Waals surface area contributed by atoms with Gasteiger partial charge >= 0.3 is 0 Å². The number of pyridine rings is 1. The highest BCUT2D eigenvalue weighted by molar-refractivity contribution is 5.91. The minimum atomic E-state index is -0.706. The predicted octanol–water partition coefficient (Wildman–Crippen LogP) is 5.01. The highest BCUT2D eigenvalue weighted by atomic mass is 19.1. The Morgan fingerprint density at radius 2 is 1.87 bits per heavy atom. The van der Waals surface area contributed by atoms with Gasteiger partial charge in [0.1, 0.15) is 34.8 Å². The molecule has 10 nitrogen and oxygen atoms in total. The first-order valence-corrected chi connectivity index (χ1v) is 14.9. The molecule has 6 heterocycles. The minimum absolute atomic E-state index is 0.0137. The molecule has 2 atom stereocenters. The SMILES string of the molecule is CN1CCCn2cnc3cccc(c32)-c2cccc(n2)N[C@H]2C[C@@H](C1=O)N(c1nccn3c(-c4ccc(F)cc4F)ncc13)C2. The maximum absolute atomic E-state index is 14.8. The van der Waals surface area contributed by atoms with Gasteiger partial charge in [-0.1, -0.05) is 18.2 Å². The van der Waals surface area contributed by atoms with Crippen molar-refractivity contribution in [2.75, 3.05) is 30.4 Å². The first-order valence-electron chi connectivity index (χ1n) is 14.9. The third-order valence-corrected chi connectivity index (χ3v) is 8.75. The summed E-state index contributed by atoms with van der Waals surface area (Å²) in [5.41, 5.74) is 4.57. The molecule has 4 bridgehead atoms. The number of halogens is 2. The molecule has 2 aromatic carbocycles. The number of anilines is 2. The summed E-state index contributed by atoms with van der Waals surface area (Å²) in [6.45, 7) is 1.74. The van der Waals surface area contributed by atoms with Crippen LogP contribution < -0.4 is 10.2 Å². The second-order valence-electron chi connectivity index (χ2n) is 11.6. The summed E-state index contributed by atoms with van der Waals surface area (Å²) >= 11 is 0. The molecule has 45 heavy (non-hydrogen) atoms. The van der Waals surface area contributed by atoms with E-state index in [0.29, 0.717) is 49.0 Å². The van der Waals surface area contributed by atoms with Gasteiger partial charge < -0.3 is 19.7 Å². The van der Waals surface area contributed by atoms with Gasteiger partial charge in [0.2, 0.25) is 5.91 Å². The number of imidazole rings is 2. The lowest BCUT2D eigenvalue weighted by atomic mass is 10.1. The van der Waals surface area contributed by atoms with Crippen LogP contribution >= 0.6 is 0 Å².